The fraction of sp³-hybridized carbons (Fsp3) is 0.0667. The molecule has 0 saturated heterocycles. The Morgan fingerprint density at radius 3 is 2.67 bits per heavy atom. The van der Waals surface area contributed by atoms with Crippen LogP contribution in [0.15, 0.2) is 48.8 Å². The molecule has 0 unspecified atom stereocenters. The lowest BCUT2D eigenvalue weighted by Gasteiger charge is -2.04. The summed E-state index contributed by atoms with van der Waals surface area (Å²) in [6.45, 7) is 0.295. The minimum absolute atomic E-state index is 0.116. The van der Waals surface area contributed by atoms with Crippen molar-refractivity contribution in [3.63, 3.8) is 0 Å². The van der Waals surface area contributed by atoms with Gasteiger partial charge in [0, 0.05) is 14.7 Å². The summed E-state index contributed by atoms with van der Waals surface area (Å²) < 4.78 is 16.6. The Bertz CT molecular complexity index is 771. The molecule has 3 nitrogen and oxygen atoms in total. The molecule has 6 heteroatoms. The van der Waals surface area contributed by atoms with Crippen molar-refractivity contribution >= 4 is 34.2 Å². The van der Waals surface area contributed by atoms with Crippen molar-refractivity contribution in [1.82, 2.24) is 14.8 Å². The molecular weight excluding hydrogens is 404 g/mol. The summed E-state index contributed by atoms with van der Waals surface area (Å²) in [6, 6.07) is 12.8. The highest BCUT2D eigenvalue weighted by atomic mass is 127. The molecular formula is C15H10ClFIN3. The molecule has 0 radical (unpaired) electrons. The molecule has 0 amide bonds. The van der Waals surface area contributed by atoms with Crippen LogP contribution in [0, 0.1) is 9.39 Å². The van der Waals surface area contributed by atoms with Crippen LogP contribution in [0.1, 0.15) is 5.56 Å². The molecule has 0 aliphatic heterocycles. The molecule has 21 heavy (non-hydrogen) atoms. The number of hydrogen-bond donors (Lipinski definition) is 0. The van der Waals surface area contributed by atoms with Gasteiger partial charge in [-0.25, -0.2) is 14.1 Å². The van der Waals surface area contributed by atoms with E-state index in [0.29, 0.717) is 17.9 Å². The van der Waals surface area contributed by atoms with Crippen LogP contribution in [0.3, 0.4) is 0 Å². The highest BCUT2D eigenvalue weighted by molar-refractivity contribution is 14.1. The fourth-order valence-electron chi connectivity index (χ4n) is 1.95. The van der Waals surface area contributed by atoms with Crippen molar-refractivity contribution in [2.75, 3.05) is 0 Å². The van der Waals surface area contributed by atoms with Crippen LogP contribution in [-0.4, -0.2) is 14.8 Å². The molecule has 3 rings (SSSR count). The van der Waals surface area contributed by atoms with Gasteiger partial charge in [-0.1, -0.05) is 35.9 Å². The third-order valence-corrected chi connectivity index (χ3v) is 4.01. The predicted molar refractivity (Wildman–Crippen MR) is 88.7 cm³/mol. The molecule has 3 aromatic rings. The molecule has 0 N–H and O–H groups in total. The van der Waals surface area contributed by atoms with E-state index in [4.69, 9.17) is 11.6 Å². The van der Waals surface area contributed by atoms with Crippen molar-refractivity contribution < 1.29 is 4.39 Å². The Morgan fingerprint density at radius 1 is 1.14 bits per heavy atom. The largest absolute Gasteiger partial charge is 0.248 e. The van der Waals surface area contributed by atoms with Gasteiger partial charge in [-0.3, -0.25) is 0 Å². The van der Waals surface area contributed by atoms with E-state index in [-0.39, 0.29) is 5.02 Å². The second-order valence-corrected chi connectivity index (χ2v) is 6.14. The van der Waals surface area contributed by atoms with E-state index in [1.807, 2.05) is 24.3 Å². The summed E-state index contributed by atoms with van der Waals surface area (Å²) in [5.74, 6) is 0.208. The van der Waals surface area contributed by atoms with Gasteiger partial charge in [0.1, 0.15) is 12.1 Å². The van der Waals surface area contributed by atoms with Gasteiger partial charge in [-0.05, 0) is 40.8 Å². The Kier molecular flexibility index (Phi) is 4.21. The molecule has 106 valence electrons. The highest BCUT2D eigenvalue weighted by Crippen LogP contribution is 2.20. The number of aromatic nitrogens is 3. The standard InChI is InChI=1S/C15H10ClFIN3/c16-13-3-1-2-11(14(13)17)8-21-9-19-15(20-21)10-4-6-12(18)7-5-10/h1-7,9H,8H2. The lowest BCUT2D eigenvalue weighted by atomic mass is 10.2. The maximum atomic E-state index is 13.9. The van der Waals surface area contributed by atoms with E-state index in [1.165, 1.54) is 6.07 Å². The minimum atomic E-state index is -0.412. The number of rotatable bonds is 3. The van der Waals surface area contributed by atoms with Crippen molar-refractivity contribution in [2.45, 2.75) is 6.54 Å². The first kappa shape index (κ1) is 14.5. The molecule has 0 fully saturated rings. The Balaban J connectivity index is 1.85. The summed E-state index contributed by atoms with van der Waals surface area (Å²) in [7, 11) is 0. The van der Waals surface area contributed by atoms with Crippen molar-refractivity contribution in [1.29, 1.82) is 0 Å². The zero-order chi connectivity index (χ0) is 14.8. The Morgan fingerprint density at radius 2 is 1.90 bits per heavy atom. The van der Waals surface area contributed by atoms with Crippen LogP contribution >= 0.6 is 34.2 Å². The molecule has 0 spiro atoms. The van der Waals surface area contributed by atoms with Gasteiger partial charge in [0.25, 0.3) is 0 Å². The van der Waals surface area contributed by atoms with E-state index < -0.39 is 5.82 Å². The second kappa shape index (κ2) is 6.11. The van der Waals surface area contributed by atoms with Crippen molar-refractivity contribution in [2.24, 2.45) is 0 Å². The van der Waals surface area contributed by atoms with E-state index in [9.17, 15) is 4.39 Å². The summed E-state index contributed by atoms with van der Waals surface area (Å²) >= 11 is 8.02. The summed E-state index contributed by atoms with van der Waals surface area (Å²) in [5.41, 5.74) is 1.42. The average molecular weight is 414 g/mol. The van der Waals surface area contributed by atoms with Crippen LogP contribution in [0.25, 0.3) is 11.4 Å². The first-order chi connectivity index (χ1) is 10.1. The van der Waals surface area contributed by atoms with Crippen molar-refractivity contribution in [3.05, 3.63) is 68.8 Å². The summed E-state index contributed by atoms with van der Waals surface area (Å²) in [4.78, 5) is 4.26. The quantitative estimate of drug-likeness (QED) is 0.596. The first-order valence-electron chi connectivity index (χ1n) is 6.22. The number of halogens is 3. The molecule has 0 atom stereocenters. The zero-order valence-corrected chi connectivity index (χ0v) is 13.7. The van der Waals surface area contributed by atoms with Crippen LogP contribution in [0.4, 0.5) is 4.39 Å². The monoisotopic (exact) mass is 413 g/mol. The van der Waals surface area contributed by atoms with Crippen LogP contribution < -0.4 is 0 Å². The van der Waals surface area contributed by atoms with Crippen LogP contribution in [0.5, 0.6) is 0 Å². The number of nitrogens with zero attached hydrogens (tertiary/aromatic N) is 3. The molecule has 0 aliphatic carbocycles. The van der Waals surface area contributed by atoms with Gasteiger partial charge in [0.05, 0.1) is 11.6 Å². The smallest absolute Gasteiger partial charge is 0.181 e. The number of benzene rings is 2. The second-order valence-electron chi connectivity index (χ2n) is 4.49. The summed E-state index contributed by atoms with van der Waals surface area (Å²) in [6.07, 6.45) is 1.59. The van der Waals surface area contributed by atoms with Crippen LogP contribution in [0.2, 0.25) is 5.02 Å². The molecule has 0 saturated carbocycles. The maximum Gasteiger partial charge on any atom is 0.181 e. The van der Waals surface area contributed by atoms with Gasteiger partial charge in [0.15, 0.2) is 5.82 Å². The lowest BCUT2D eigenvalue weighted by molar-refractivity contribution is 0.585. The van der Waals surface area contributed by atoms with Gasteiger partial charge in [-0.2, -0.15) is 5.10 Å². The number of hydrogen-bond acceptors (Lipinski definition) is 2. The lowest BCUT2D eigenvalue weighted by Crippen LogP contribution is -2.03. The third-order valence-electron chi connectivity index (χ3n) is 3.00. The van der Waals surface area contributed by atoms with E-state index >= 15 is 0 Å². The Hall–Kier alpha value is -1.47. The normalized spacial score (nSPS) is 10.8. The third kappa shape index (κ3) is 3.24. The topological polar surface area (TPSA) is 30.7 Å². The predicted octanol–water partition coefficient (Wildman–Crippen LogP) is 4.39. The van der Waals surface area contributed by atoms with Gasteiger partial charge >= 0.3 is 0 Å². The highest BCUT2D eigenvalue weighted by Gasteiger charge is 2.09. The zero-order valence-electron chi connectivity index (χ0n) is 10.8. The average Bonchev–Trinajstić information content (AvgIpc) is 2.93. The first-order valence-corrected chi connectivity index (χ1v) is 7.67. The van der Waals surface area contributed by atoms with E-state index in [0.717, 1.165) is 9.13 Å². The molecule has 2 aromatic carbocycles. The molecule has 0 aliphatic rings. The molecule has 0 bridgehead atoms. The van der Waals surface area contributed by atoms with Gasteiger partial charge in [-0.15, -0.1) is 0 Å². The van der Waals surface area contributed by atoms with Crippen molar-refractivity contribution in [3.8, 4) is 11.4 Å². The molecule has 1 aromatic heterocycles. The van der Waals surface area contributed by atoms with Gasteiger partial charge in [0.2, 0.25) is 0 Å². The fourth-order valence-corrected chi connectivity index (χ4v) is 2.50. The maximum absolute atomic E-state index is 13.9. The molecule has 1 heterocycles. The van der Waals surface area contributed by atoms with Gasteiger partial charge < -0.3 is 0 Å². The summed E-state index contributed by atoms with van der Waals surface area (Å²) in [5, 5.41) is 4.49. The van der Waals surface area contributed by atoms with E-state index in [1.54, 1.807) is 23.1 Å². The SMILES string of the molecule is Fc1c(Cl)cccc1Cn1cnc(-c2ccc(I)cc2)n1. The minimum Gasteiger partial charge on any atom is -0.248 e. The van der Waals surface area contributed by atoms with E-state index in [2.05, 4.69) is 32.7 Å². The van der Waals surface area contributed by atoms with Crippen LogP contribution in [-0.2, 0) is 6.54 Å². The Labute approximate surface area is 139 Å².